The van der Waals surface area contributed by atoms with Gasteiger partial charge in [-0.1, -0.05) is 27.2 Å². The minimum absolute atomic E-state index is 0.271. The van der Waals surface area contributed by atoms with Crippen LogP contribution in [0.25, 0.3) is 0 Å². The molecule has 0 aromatic rings. The molecule has 0 amide bonds. The highest BCUT2D eigenvalue weighted by Crippen LogP contribution is 2.34. The van der Waals surface area contributed by atoms with E-state index in [2.05, 4.69) is 20.8 Å². The predicted octanol–water partition coefficient (Wildman–Crippen LogP) is 2.74. The van der Waals surface area contributed by atoms with Gasteiger partial charge >= 0.3 is 0 Å². The first kappa shape index (κ1) is 12.0. The van der Waals surface area contributed by atoms with Crippen molar-refractivity contribution in [1.29, 1.82) is 0 Å². The average molecular weight is 200 g/mol. The highest BCUT2D eigenvalue weighted by molar-refractivity contribution is 4.89. The van der Waals surface area contributed by atoms with Gasteiger partial charge in [-0.15, -0.1) is 0 Å². The Hall–Kier alpha value is -0.0800. The van der Waals surface area contributed by atoms with Crippen molar-refractivity contribution in [2.45, 2.75) is 64.6 Å². The van der Waals surface area contributed by atoms with Crippen LogP contribution >= 0.6 is 0 Å². The largest absolute Gasteiger partial charge is 0.389 e. The van der Waals surface area contributed by atoms with E-state index >= 15 is 0 Å². The molecule has 3 atom stereocenters. The van der Waals surface area contributed by atoms with Crippen molar-refractivity contribution in [3.05, 3.63) is 0 Å². The Labute approximate surface area is 87.7 Å². The SMILES string of the molecule is CCCC(C)C1(O)CCOC(CC)C1. The van der Waals surface area contributed by atoms with Crippen LogP contribution in [0.4, 0.5) is 0 Å². The summed E-state index contributed by atoms with van der Waals surface area (Å²) in [4.78, 5) is 0. The monoisotopic (exact) mass is 200 g/mol. The maximum absolute atomic E-state index is 10.5. The van der Waals surface area contributed by atoms with E-state index in [1.807, 2.05) is 0 Å². The Morgan fingerprint density at radius 3 is 2.79 bits per heavy atom. The van der Waals surface area contributed by atoms with Gasteiger partial charge in [0.2, 0.25) is 0 Å². The maximum atomic E-state index is 10.5. The summed E-state index contributed by atoms with van der Waals surface area (Å²) in [6.45, 7) is 7.20. The summed E-state index contributed by atoms with van der Waals surface area (Å²) in [7, 11) is 0. The molecule has 84 valence electrons. The highest BCUT2D eigenvalue weighted by Gasteiger charge is 2.38. The zero-order valence-electron chi connectivity index (χ0n) is 9.75. The molecule has 0 spiro atoms. The fraction of sp³-hybridized carbons (Fsp3) is 1.00. The van der Waals surface area contributed by atoms with Crippen molar-refractivity contribution in [1.82, 2.24) is 0 Å². The standard InChI is InChI=1S/C12H24O2/c1-4-6-10(3)12(13)7-8-14-11(5-2)9-12/h10-11,13H,4-9H2,1-3H3. The molecule has 0 aliphatic carbocycles. The number of hydrogen-bond acceptors (Lipinski definition) is 2. The zero-order valence-corrected chi connectivity index (χ0v) is 9.75. The lowest BCUT2D eigenvalue weighted by Gasteiger charge is -2.41. The lowest BCUT2D eigenvalue weighted by Crippen LogP contribution is -2.45. The van der Waals surface area contributed by atoms with Crippen LogP contribution in [-0.4, -0.2) is 23.4 Å². The summed E-state index contributed by atoms with van der Waals surface area (Å²) in [5.41, 5.74) is -0.463. The van der Waals surface area contributed by atoms with Gasteiger partial charge in [0.05, 0.1) is 11.7 Å². The molecule has 0 radical (unpaired) electrons. The summed E-state index contributed by atoms with van der Waals surface area (Å²) in [5, 5.41) is 10.5. The molecule has 14 heavy (non-hydrogen) atoms. The molecule has 1 heterocycles. The van der Waals surface area contributed by atoms with Gasteiger partial charge in [-0.05, 0) is 25.2 Å². The Morgan fingerprint density at radius 1 is 1.50 bits per heavy atom. The van der Waals surface area contributed by atoms with Crippen LogP contribution in [-0.2, 0) is 4.74 Å². The second-order valence-electron chi connectivity index (χ2n) is 4.65. The van der Waals surface area contributed by atoms with Crippen molar-refractivity contribution >= 4 is 0 Å². The number of ether oxygens (including phenoxy) is 1. The Kier molecular flexibility index (Phi) is 4.39. The van der Waals surface area contributed by atoms with Gasteiger partial charge in [-0.3, -0.25) is 0 Å². The highest BCUT2D eigenvalue weighted by atomic mass is 16.5. The van der Waals surface area contributed by atoms with Gasteiger partial charge in [0.25, 0.3) is 0 Å². The van der Waals surface area contributed by atoms with Gasteiger partial charge in [0.15, 0.2) is 0 Å². The molecular formula is C12H24O2. The van der Waals surface area contributed by atoms with Crippen molar-refractivity contribution in [2.75, 3.05) is 6.61 Å². The van der Waals surface area contributed by atoms with E-state index in [9.17, 15) is 5.11 Å². The number of hydrogen-bond donors (Lipinski definition) is 1. The van der Waals surface area contributed by atoms with Gasteiger partial charge in [0.1, 0.15) is 0 Å². The molecule has 1 saturated heterocycles. The van der Waals surface area contributed by atoms with Crippen molar-refractivity contribution in [3.8, 4) is 0 Å². The summed E-state index contributed by atoms with van der Waals surface area (Å²) in [6, 6.07) is 0. The number of rotatable bonds is 4. The van der Waals surface area contributed by atoms with E-state index in [-0.39, 0.29) is 6.10 Å². The molecule has 0 bridgehead atoms. The molecule has 2 nitrogen and oxygen atoms in total. The molecule has 0 aromatic carbocycles. The third-order valence-corrected chi connectivity index (χ3v) is 3.56. The fourth-order valence-electron chi connectivity index (χ4n) is 2.37. The van der Waals surface area contributed by atoms with E-state index in [1.165, 1.54) is 0 Å². The molecule has 0 aromatic heterocycles. The third-order valence-electron chi connectivity index (χ3n) is 3.56. The molecule has 0 saturated carbocycles. The third kappa shape index (κ3) is 2.71. The molecule has 1 fully saturated rings. The molecular weight excluding hydrogens is 176 g/mol. The normalized spacial score (nSPS) is 35.6. The van der Waals surface area contributed by atoms with E-state index in [1.54, 1.807) is 0 Å². The van der Waals surface area contributed by atoms with Gasteiger partial charge in [0, 0.05) is 13.0 Å². The first-order valence-electron chi connectivity index (χ1n) is 5.96. The quantitative estimate of drug-likeness (QED) is 0.756. The van der Waals surface area contributed by atoms with Crippen LogP contribution in [0.5, 0.6) is 0 Å². The fourth-order valence-corrected chi connectivity index (χ4v) is 2.37. The molecule has 1 N–H and O–H groups in total. The van der Waals surface area contributed by atoms with Gasteiger partial charge in [-0.2, -0.15) is 0 Å². The summed E-state index contributed by atoms with van der Waals surface area (Å²) < 4.78 is 5.59. The van der Waals surface area contributed by atoms with E-state index < -0.39 is 5.60 Å². The summed E-state index contributed by atoms with van der Waals surface area (Å²) in [6.07, 6.45) is 5.19. The molecule has 3 unspecified atom stereocenters. The second-order valence-corrected chi connectivity index (χ2v) is 4.65. The topological polar surface area (TPSA) is 29.5 Å². The van der Waals surface area contributed by atoms with Crippen molar-refractivity contribution in [3.63, 3.8) is 0 Å². The lowest BCUT2D eigenvalue weighted by atomic mass is 9.77. The average Bonchev–Trinajstić information content (AvgIpc) is 2.18. The Morgan fingerprint density at radius 2 is 2.21 bits per heavy atom. The minimum Gasteiger partial charge on any atom is -0.389 e. The molecule has 1 rings (SSSR count). The second kappa shape index (κ2) is 5.13. The van der Waals surface area contributed by atoms with Gasteiger partial charge < -0.3 is 9.84 Å². The van der Waals surface area contributed by atoms with Crippen LogP contribution in [0.15, 0.2) is 0 Å². The zero-order chi connectivity index (χ0) is 10.6. The van der Waals surface area contributed by atoms with Crippen molar-refractivity contribution < 1.29 is 9.84 Å². The Bertz CT molecular complexity index is 170. The maximum Gasteiger partial charge on any atom is 0.0719 e. The molecule has 2 heteroatoms. The summed E-state index contributed by atoms with van der Waals surface area (Å²) in [5.74, 6) is 0.408. The molecule has 1 aliphatic heterocycles. The predicted molar refractivity (Wildman–Crippen MR) is 58.3 cm³/mol. The first-order chi connectivity index (χ1) is 6.62. The minimum atomic E-state index is -0.463. The van der Waals surface area contributed by atoms with Crippen LogP contribution < -0.4 is 0 Å². The van der Waals surface area contributed by atoms with E-state index in [0.29, 0.717) is 5.92 Å². The first-order valence-corrected chi connectivity index (χ1v) is 5.96. The van der Waals surface area contributed by atoms with Crippen LogP contribution in [0.2, 0.25) is 0 Å². The van der Waals surface area contributed by atoms with E-state index in [4.69, 9.17) is 4.74 Å². The Balaban J connectivity index is 2.53. The van der Waals surface area contributed by atoms with E-state index in [0.717, 1.165) is 38.7 Å². The van der Waals surface area contributed by atoms with Gasteiger partial charge in [-0.25, -0.2) is 0 Å². The van der Waals surface area contributed by atoms with Crippen LogP contribution in [0.1, 0.15) is 52.9 Å². The smallest absolute Gasteiger partial charge is 0.0719 e. The number of aliphatic hydroxyl groups is 1. The lowest BCUT2D eigenvalue weighted by molar-refractivity contribution is -0.130. The molecule has 1 aliphatic rings. The van der Waals surface area contributed by atoms with Crippen LogP contribution in [0.3, 0.4) is 0 Å². The van der Waals surface area contributed by atoms with Crippen LogP contribution in [0, 0.1) is 5.92 Å². The summed E-state index contributed by atoms with van der Waals surface area (Å²) >= 11 is 0. The van der Waals surface area contributed by atoms with Crippen molar-refractivity contribution in [2.24, 2.45) is 5.92 Å².